The molecule has 2 heterocycles. The third-order valence-corrected chi connectivity index (χ3v) is 4.79. The molecule has 4 rings (SSSR count). The standard InChI is InChI=1S/C17H15ClF2N6.ClH/c1-25-17(22-23-24-25)16-15(18)12-6-10(19)3-5-14(12)26(16)11-4-2-9(8-21)13(20)7-11;/h2-7,17H,8,21H2,1H3,(H,22,24);1H. The fourth-order valence-corrected chi connectivity index (χ4v) is 3.45. The molecular formula is C17H16Cl2F2N6. The zero-order valence-electron chi connectivity index (χ0n) is 14.2. The number of benzene rings is 2. The number of nitrogens with zero attached hydrogens (tertiary/aromatic N) is 4. The van der Waals surface area contributed by atoms with Crippen LogP contribution >= 0.6 is 24.0 Å². The van der Waals surface area contributed by atoms with Crippen LogP contribution in [-0.4, -0.2) is 16.6 Å². The maximum absolute atomic E-state index is 14.3. The predicted octanol–water partition coefficient (Wildman–Crippen LogP) is 4.26. The molecule has 142 valence electrons. The predicted molar refractivity (Wildman–Crippen MR) is 102 cm³/mol. The molecule has 0 fully saturated rings. The summed E-state index contributed by atoms with van der Waals surface area (Å²) in [5.41, 5.74) is 10.4. The van der Waals surface area contributed by atoms with Crippen molar-refractivity contribution in [3.63, 3.8) is 0 Å². The second kappa shape index (κ2) is 7.40. The van der Waals surface area contributed by atoms with E-state index in [1.807, 2.05) is 0 Å². The minimum Gasteiger partial charge on any atom is -0.326 e. The number of rotatable bonds is 3. The third-order valence-electron chi connectivity index (χ3n) is 4.40. The van der Waals surface area contributed by atoms with Gasteiger partial charge < -0.3 is 10.3 Å². The lowest BCUT2D eigenvalue weighted by Crippen LogP contribution is -2.29. The summed E-state index contributed by atoms with van der Waals surface area (Å²) in [6.07, 6.45) is -0.546. The van der Waals surface area contributed by atoms with E-state index in [1.165, 1.54) is 18.2 Å². The Morgan fingerprint density at radius 3 is 2.63 bits per heavy atom. The summed E-state index contributed by atoms with van der Waals surface area (Å²) in [4.78, 5) is 0. The van der Waals surface area contributed by atoms with Gasteiger partial charge in [0.25, 0.3) is 0 Å². The SMILES string of the molecule is CN1NN=NC1c1c(Cl)c2cc(F)ccc2n1-c1ccc(CN)c(F)c1.Cl. The van der Waals surface area contributed by atoms with Gasteiger partial charge >= 0.3 is 0 Å². The summed E-state index contributed by atoms with van der Waals surface area (Å²) in [5.74, 6) is -0.831. The lowest BCUT2D eigenvalue weighted by molar-refractivity contribution is 0.218. The molecule has 0 spiro atoms. The van der Waals surface area contributed by atoms with E-state index in [0.29, 0.717) is 32.9 Å². The average Bonchev–Trinajstić information content (AvgIpc) is 3.16. The van der Waals surface area contributed by atoms with E-state index < -0.39 is 17.8 Å². The summed E-state index contributed by atoms with van der Waals surface area (Å²) in [5, 5.41) is 10.4. The molecule has 0 saturated carbocycles. The Labute approximate surface area is 165 Å². The average molecular weight is 413 g/mol. The van der Waals surface area contributed by atoms with Crippen molar-refractivity contribution in [3.8, 4) is 5.69 Å². The minimum absolute atomic E-state index is 0. The van der Waals surface area contributed by atoms with Gasteiger partial charge in [-0.25, -0.2) is 14.3 Å². The molecule has 1 atom stereocenters. The summed E-state index contributed by atoms with van der Waals surface area (Å²) < 4.78 is 29.9. The van der Waals surface area contributed by atoms with Crippen LogP contribution in [0, 0.1) is 11.6 Å². The third kappa shape index (κ3) is 3.14. The summed E-state index contributed by atoms with van der Waals surface area (Å²) in [6.45, 7) is 0.0981. The molecular weight excluding hydrogens is 397 g/mol. The van der Waals surface area contributed by atoms with E-state index in [2.05, 4.69) is 15.9 Å². The molecule has 0 aliphatic carbocycles. The van der Waals surface area contributed by atoms with Crippen LogP contribution in [0.3, 0.4) is 0 Å². The number of hydrogen-bond donors (Lipinski definition) is 2. The number of hydrazine groups is 1. The van der Waals surface area contributed by atoms with Crippen LogP contribution in [0.1, 0.15) is 17.4 Å². The van der Waals surface area contributed by atoms with Crippen molar-refractivity contribution < 1.29 is 8.78 Å². The van der Waals surface area contributed by atoms with E-state index >= 15 is 0 Å². The topological polar surface area (TPSA) is 70.9 Å². The normalized spacial score (nSPS) is 16.6. The number of nitrogens with two attached hydrogens (primary N) is 1. The maximum Gasteiger partial charge on any atom is 0.185 e. The number of aromatic nitrogens is 1. The van der Waals surface area contributed by atoms with Gasteiger partial charge in [0.15, 0.2) is 6.17 Å². The van der Waals surface area contributed by atoms with Gasteiger partial charge in [0, 0.05) is 30.2 Å². The van der Waals surface area contributed by atoms with Crippen molar-refractivity contribution in [3.05, 3.63) is 64.3 Å². The molecule has 1 aromatic heterocycles. The van der Waals surface area contributed by atoms with Crippen LogP contribution in [0.4, 0.5) is 8.78 Å². The van der Waals surface area contributed by atoms with Crippen LogP contribution in [0.2, 0.25) is 5.02 Å². The Morgan fingerprint density at radius 1 is 1.22 bits per heavy atom. The van der Waals surface area contributed by atoms with Crippen LogP contribution in [-0.2, 0) is 6.54 Å². The Bertz CT molecular complexity index is 1040. The highest BCUT2D eigenvalue weighted by atomic mass is 35.5. The molecule has 10 heteroatoms. The van der Waals surface area contributed by atoms with Gasteiger partial charge in [-0.15, -0.1) is 17.5 Å². The van der Waals surface area contributed by atoms with Gasteiger partial charge in [0.1, 0.15) is 11.6 Å². The van der Waals surface area contributed by atoms with E-state index in [9.17, 15) is 8.78 Å². The molecule has 3 aromatic rings. The molecule has 27 heavy (non-hydrogen) atoms. The van der Waals surface area contributed by atoms with Crippen LogP contribution in [0.5, 0.6) is 0 Å². The number of fused-ring (bicyclic) bond motifs is 1. The van der Waals surface area contributed by atoms with Crippen LogP contribution < -0.4 is 11.3 Å². The van der Waals surface area contributed by atoms with Crippen molar-refractivity contribution in [1.29, 1.82) is 0 Å². The second-order valence-electron chi connectivity index (χ2n) is 5.98. The molecule has 0 radical (unpaired) electrons. The summed E-state index contributed by atoms with van der Waals surface area (Å²) in [7, 11) is 1.75. The molecule has 1 aliphatic heterocycles. The summed E-state index contributed by atoms with van der Waals surface area (Å²) in [6, 6.07) is 9.03. The molecule has 3 N–H and O–H groups in total. The first-order valence-electron chi connectivity index (χ1n) is 7.88. The van der Waals surface area contributed by atoms with Gasteiger partial charge in [-0.05, 0) is 30.3 Å². The van der Waals surface area contributed by atoms with Crippen molar-refractivity contribution in [2.75, 3.05) is 7.05 Å². The zero-order chi connectivity index (χ0) is 18.4. The first kappa shape index (κ1) is 19.5. The Hall–Kier alpha value is -2.26. The van der Waals surface area contributed by atoms with E-state index in [1.54, 1.807) is 34.8 Å². The number of hydrogen-bond acceptors (Lipinski definition) is 5. The van der Waals surface area contributed by atoms with Crippen molar-refractivity contribution in [2.45, 2.75) is 12.7 Å². The molecule has 6 nitrogen and oxygen atoms in total. The van der Waals surface area contributed by atoms with E-state index in [-0.39, 0.29) is 19.0 Å². The highest BCUT2D eigenvalue weighted by Crippen LogP contribution is 2.40. The van der Waals surface area contributed by atoms with E-state index in [0.717, 1.165) is 0 Å². The molecule has 0 bridgehead atoms. The zero-order valence-corrected chi connectivity index (χ0v) is 15.7. The van der Waals surface area contributed by atoms with Gasteiger partial charge in [-0.3, -0.25) is 0 Å². The fraction of sp³-hybridized carbons (Fsp3) is 0.176. The fourth-order valence-electron chi connectivity index (χ4n) is 3.11. The summed E-state index contributed by atoms with van der Waals surface area (Å²) >= 11 is 6.57. The molecule has 0 saturated heterocycles. The lowest BCUT2D eigenvalue weighted by atomic mass is 10.2. The van der Waals surface area contributed by atoms with Gasteiger partial charge in [0.2, 0.25) is 0 Å². The van der Waals surface area contributed by atoms with Gasteiger partial charge in [-0.1, -0.05) is 22.9 Å². The minimum atomic E-state index is -0.546. The van der Waals surface area contributed by atoms with Gasteiger partial charge in [0.05, 0.1) is 16.2 Å². The second-order valence-corrected chi connectivity index (χ2v) is 6.35. The number of halogens is 4. The smallest absolute Gasteiger partial charge is 0.185 e. The monoisotopic (exact) mass is 412 g/mol. The first-order valence-corrected chi connectivity index (χ1v) is 8.25. The first-order chi connectivity index (χ1) is 12.5. The maximum atomic E-state index is 14.3. The number of nitrogens with one attached hydrogen (secondary N) is 1. The van der Waals surface area contributed by atoms with E-state index in [4.69, 9.17) is 17.3 Å². The molecule has 0 amide bonds. The molecule has 1 unspecified atom stereocenters. The highest BCUT2D eigenvalue weighted by molar-refractivity contribution is 6.36. The Morgan fingerprint density at radius 2 is 2.00 bits per heavy atom. The highest BCUT2D eigenvalue weighted by Gasteiger charge is 2.30. The van der Waals surface area contributed by atoms with Crippen molar-refractivity contribution in [1.82, 2.24) is 15.1 Å². The van der Waals surface area contributed by atoms with Crippen LogP contribution in [0.25, 0.3) is 16.6 Å². The molecule has 2 aromatic carbocycles. The van der Waals surface area contributed by atoms with Crippen molar-refractivity contribution >= 4 is 34.9 Å². The Kier molecular flexibility index (Phi) is 5.34. The molecule has 1 aliphatic rings. The largest absolute Gasteiger partial charge is 0.326 e. The Balaban J connectivity index is 0.00000210. The van der Waals surface area contributed by atoms with Crippen LogP contribution in [0.15, 0.2) is 46.7 Å². The van der Waals surface area contributed by atoms with Gasteiger partial charge in [-0.2, -0.15) is 5.01 Å². The lowest BCUT2D eigenvalue weighted by Gasteiger charge is -2.19. The quantitative estimate of drug-likeness (QED) is 0.674. The van der Waals surface area contributed by atoms with Crippen molar-refractivity contribution in [2.24, 2.45) is 16.1 Å².